The maximum Gasteiger partial charge on any atom is 0.573 e. The molecule has 116 valence electrons. The Morgan fingerprint density at radius 2 is 1.68 bits per heavy atom. The lowest BCUT2D eigenvalue weighted by molar-refractivity contribution is -0.388. The van der Waals surface area contributed by atoms with E-state index in [1.807, 2.05) is 0 Å². The second-order valence-corrected chi connectivity index (χ2v) is 4.90. The van der Waals surface area contributed by atoms with Crippen molar-refractivity contribution in [1.82, 2.24) is 0 Å². The first-order valence-corrected chi connectivity index (χ1v) is 6.43. The number of hydrogen-bond donors (Lipinski definition) is 0. The monoisotopic (exact) mass is 351 g/mol. The van der Waals surface area contributed by atoms with Gasteiger partial charge in [0.1, 0.15) is 0 Å². The minimum atomic E-state index is -5.03. The van der Waals surface area contributed by atoms with Gasteiger partial charge in [-0.1, -0.05) is 35.3 Å². The van der Waals surface area contributed by atoms with Gasteiger partial charge in [-0.3, -0.25) is 10.1 Å². The van der Waals surface area contributed by atoms with Crippen molar-refractivity contribution in [2.45, 2.75) is 6.36 Å². The first-order valence-electron chi connectivity index (χ1n) is 5.67. The fraction of sp³-hybridized carbons (Fsp3) is 0.0769. The van der Waals surface area contributed by atoms with Gasteiger partial charge in [0.05, 0.1) is 4.92 Å². The molecule has 2 rings (SSSR count). The van der Waals surface area contributed by atoms with E-state index in [0.717, 1.165) is 12.1 Å². The quantitative estimate of drug-likeness (QED) is 0.544. The number of nitro benzene ring substituents is 1. The van der Waals surface area contributed by atoms with Crippen LogP contribution in [0.4, 0.5) is 18.9 Å². The summed E-state index contributed by atoms with van der Waals surface area (Å²) in [6.45, 7) is 0. The van der Waals surface area contributed by atoms with Crippen LogP contribution in [0.3, 0.4) is 0 Å². The van der Waals surface area contributed by atoms with Crippen molar-refractivity contribution in [2.75, 3.05) is 0 Å². The molecular weight excluding hydrogens is 346 g/mol. The highest BCUT2D eigenvalue weighted by Crippen LogP contribution is 2.40. The average Bonchev–Trinajstić information content (AvgIpc) is 2.38. The third-order valence-electron chi connectivity index (χ3n) is 2.63. The number of nitrogens with zero attached hydrogens (tertiary/aromatic N) is 1. The Labute approximate surface area is 132 Å². The number of halogens is 5. The van der Waals surface area contributed by atoms with Gasteiger partial charge in [0, 0.05) is 21.7 Å². The molecule has 0 fully saturated rings. The van der Waals surface area contributed by atoms with Crippen molar-refractivity contribution in [3.8, 4) is 16.9 Å². The zero-order chi connectivity index (χ0) is 16.5. The Hall–Kier alpha value is -1.99. The molecule has 0 unspecified atom stereocenters. The number of rotatable bonds is 3. The largest absolute Gasteiger partial charge is 0.573 e. The lowest BCUT2D eigenvalue weighted by Gasteiger charge is -2.11. The third-order valence-corrected chi connectivity index (χ3v) is 3.26. The Morgan fingerprint density at radius 3 is 2.18 bits per heavy atom. The van der Waals surface area contributed by atoms with Crippen LogP contribution in [0, 0.1) is 10.1 Å². The van der Waals surface area contributed by atoms with Crippen LogP contribution in [0.1, 0.15) is 0 Å². The van der Waals surface area contributed by atoms with Crippen LogP contribution in [-0.4, -0.2) is 11.3 Å². The molecule has 0 bridgehead atoms. The van der Waals surface area contributed by atoms with E-state index in [0.29, 0.717) is 0 Å². The van der Waals surface area contributed by atoms with Gasteiger partial charge in [0.15, 0.2) is 0 Å². The SMILES string of the molecule is O=[N+]([O-])c1cc(-c2c(Cl)cccc2Cl)ccc1OC(F)(F)F. The predicted octanol–water partition coefficient (Wildman–Crippen LogP) is 5.47. The molecule has 22 heavy (non-hydrogen) atoms. The number of hydrogen-bond acceptors (Lipinski definition) is 3. The van der Waals surface area contributed by atoms with Gasteiger partial charge < -0.3 is 4.74 Å². The Morgan fingerprint density at radius 1 is 1.09 bits per heavy atom. The van der Waals surface area contributed by atoms with E-state index in [1.165, 1.54) is 18.2 Å². The summed E-state index contributed by atoms with van der Waals surface area (Å²) >= 11 is 12.0. The summed E-state index contributed by atoms with van der Waals surface area (Å²) in [7, 11) is 0. The second-order valence-electron chi connectivity index (χ2n) is 4.08. The average molecular weight is 352 g/mol. The van der Waals surface area contributed by atoms with Crippen molar-refractivity contribution in [3.63, 3.8) is 0 Å². The number of ether oxygens (including phenoxy) is 1. The molecule has 0 spiro atoms. The molecule has 0 radical (unpaired) electrons. The molecule has 0 N–H and O–H groups in total. The molecule has 0 atom stereocenters. The van der Waals surface area contributed by atoms with Crippen LogP contribution in [0.2, 0.25) is 10.0 Å². The van der Waals surface area contributed by atoms with Crippen molar-refractivity contribution in [3.05, 3.63) is 56.6 Å². The molecule has 2 aromatic carbocycles. The molecule has 0 saturated heterocycles. The summed E-state index contributed by atoms with van der Waals surface area (Å²) in [5, 5.41) is 11.4. The summed E-state index contributed by atoms with van der Waals surface area (Å²) in [5.74, 6) is -0.913. The van der Waals surface area contributed by atoms with Gasteiger partial charge in [-0.05, 0) is 23.8 Å². The topological polar surface area (TPSA) is 52.4 Å². The molecule has 0 aliphatic heterocycles. The standard InChI is InChI=1S/C13H6Cl2F3NO3/c14-8-2-1-3-9(15)12(8)7-4-5-11(22-13(16,17)18)10(6-7)19(20)21/h1-6H. The molecule has 0 saturated carbocycles. The molecule has 9 heteroatoms. The van der Waals surface area contributed by atoms with Crippen LogP contribution in [0.15, 0.2) is 36.4 Å². The van der Waals surface area contributed by atoms with Gasteiger partial charge in [-0.2, -0.15) is 0 Å². The molecule has 0 aromatic heterocycles. The van der Waals surface area contributed by atoms with E-state index in [1.54, 1.807) is 6.07 Å². The highest BCUT2D eigenvalue weighted by molar-refractivity contribution is 6.39. The fourth-order valence-electron chi connectivity index (χ4n) is 1.80. The van der Waals surface area contributed by atoms with Gasteiger partial charge >= 0.3 is 12.0 Å². The lowest BCUT2D eigenvalue weighted by Crippen LogP contribution is -2.17. The molecule has 4 nitrogen and oxygen atoms in total. The van der Waals surface area contributed by atoms with Gasteiger partial charge in [0.2, 0.25) is 5.75 Å². The second kappa shape index (κ2) is 6.02. The molecule has 0 heterocycles. The highest BCUT2D eigenvalue weighted by atomic mass is 35.5. The fourth-order valence-corrected chi connectivity index (χ4v) is 2.42. The Balaban J connectivity index is 2.57. The van der Waals surface area contributed by atoms with Gasteiger partial charge in [0.25, 0.3) is 0 Å². The summed E-state index contributed by atoms with van der Waals surface area (Å²) in [5.41, 5.74) is -0.352. The first kappa shape index (κ1) is 16.4. The van der Waals surface area contributed by atoms with Crippen LogP contribution < -0.4 is 4.74 Å². The summed E-state index contributed by atoms with van der Waals surface area (Å²) in [6, 6.07) is 7.57. The van der Waals surface area contributed by atoms with Crippen molar-refractivity contribution in [1.29, 1.82) is 0 Å². The van der Waals surface area contributed by atoms with Crippen LogP contribution in [0.5, 0.6) is 5.75 Å². The third kappa shape index (κ3) is 3.61. The van der Waals surface area contributed by atoms with E-state index >= 15 is 0 Å². The molecule has 0 amide bonds. The van der Waals surface area contributed by atoms with Crippen LogP contribution in [-0.2, 0) is 0 Å². The smallest absolute Gasteiger partial charge is 0.398 e. The minimum Gasteiger partial charge on any atom is -0.398 e. The molecule has 0 aliphatic carbocycles. The zero-order valence-corrected chi connectivity index (χ0v) is 12.0. The summed E-state index contributed by atoms with van der Waals surface area (Å²) < 4.78 is 40.4. The Bertz CT molecular complexity index is 715. The predicted molar refractivity (Wildman–Crippen MR) is 75.2 cm³/mol. The first-order chi connectivity index (χ1) is 10.2. The number of nitro groups is 1. The van der Waals surface area contributed by atoms with E-state index in [2.05, 4.69) is 4.74 Å². The number of alkyl halides is 3. The van der Waals surface area contributed by atoms with E-state index in [9.17, 15) is 23.3 Å². The van der Waals surface area contributed by atoms with Crippen LogP contribution in [0.25, 0.3) is 11.1 Å². The maximum atomic E-state index is 12.2. The Kier molecular flexibility index (Phi) is 4.48. The van der Waals surface area contributed by atoms with Crippen molar-refractivity contribution < 1.29 is 22.8 Å². The van der Waals surface area contributed by atoms with Crippen molar-refractivity contribution in [2.24, 2.45) is 0 Å². The van der Waals surface area contributed by atoms with Gasteiger partial charge in [-0.15, -0.1) is 13.2 Å². The molecular formula is C13H6Cl2F3NO3. The summed E-state index contributed by atoms with van der Waals surface area (Å²) in [4.78, 5) is 9.98. The van der Waals surface area contributed by atoms with E-state index in [-0.39, 0.29) is 21.2 Å². The van der Waals surface area contributed by atoms with E-state index < -0.39 is 22.7 Å². The number of benzene rings is 2. The lowest BCUT2D eigenvalue weighted by atomic mass is 10.0. The maximum absolute atomic E-state index is 12.2. The zero-order valence-electron chi connectivity index (χ0n) is 10.5. The highest BCUT2D eigenvalue weighted by Gasteiger charge is 2.34. The van der Waals surface area contributed by atoms with Crippen LogP contribution >= 0.6 is 23.2 Å². The minimum absolute atomic E-state index is 0.205. The van der Waals surface area contributed by atoms with E-state index in [4.69, 9.17) is 23.2 Å². The summed E-state index contributed by atoms with van der Waals surface area (Å²) in [6.07, 6.45) is -5.03. The van der Waals surface area contributed by atoms with Crippen molar-refractivity contribution >= 4 is 28.9 Å². The molecule has 2 aromatic rings. The molecule has 0 aliphatic rings. The normalized spacial score (nSPS) is 11.3. The van der Waals surface area contributed by atoms with Gasteiger partial charge in [-0.25, -0.2) is 0 Å².